The van der Waals surface area contributed by atoms with E-state index >= 15 is 0 Å². The van der Waals surface area contributed by atoms with Crippen molar-refractivity contribution in [1.82, 2.24) is 20.0 Å². The minimum atomic E-state index is 0.0588. The molecule has 0 spiro atoms. The Morgan fingerprint density at radius 2 is 2.21 bits per heavy atom. The van der Waals surface area contributed by atoms with E-state index in [0.717, 1.165) is 24.4 Å². The van der Waals surface area contributed by atoms with E-state index in [2.05, 4.69) is 20.0 Å². The van der Waals surface area contributed by atoms with Gasteiger partial charge in [0.2, 0.25) is 5.89 Å². The maximum Gasteiger partial charge on any atom is 0.243 e. The number of rotatable bonds is 5. The molecular formula is C13H17ClN4O. The molecule has 2 rings (SSSR count). The van der Waals surface area contributed by atoms with Crippen LogP contribution in [-0.4, -0.2) is 27.1 Å². The van der Waals surface area contributed by atoms with Gasteiger partial charge in [-0.1, -0.05) is 29.7 Å². The summed E-state index contributed by atoms with van der Waals surface area (Å²) in [6.45, 7) is 4.79. The second-order valence-electron chi connectivity index (χ2n) is 4.48. The van der Waals surface area contributed by atoms with Gasteiger partial charge in [0, 0.05) is 19.2 Å². The van der Waals surface area contributed by atoms with Gasteiger partial charge in [-0.3, -0.25) is 4.90 Å². The number of hydrogen-bond acceptors (Lipinski definition) is 5. The van der Waals surface area contributed by atoms with Crippen LogP contribution in [0.25, 0.3) is 0 Å². The van der Waals surface area contributed by atoms with Crippen molar-refractivity contribution in [3.8, 4) is 0 Å². The van der Waals surface area contributed by atoms with Crippen molar-refractivity contribution in [1.29, 1.82) is 0 Å². The van der Waals surface area contributed by atoms with Crippen molar-refractivity contribution in [2.45, 2.75) is 32.9 Å². The van der Waals surface area contributed by atoms with Gasteiger partial charge in [-0.2, -0.15) is 4.98 Å². The first-order valence-corrected chi connectivity index (χ1v) is 6.61. The average molecular weight is 281 g/mol. The van der Waals surface area contributed by atoms with Crippen LogP contribution in [0, 0.1) is 0 Å². The Morgan fingerprint density at radius 1 is 1.42 bits per heavy atom. The molecule has 1 atom stereocenters. The number of aromatic nitrogens is 3. The van der Waals surface area contributed by atoms with Gasteiger partial charge < -0.3 is 4.52 Å². The molecule has 0 amide bonds. The number of halogens is 1. The Kier molecular flexibility index (Phi) is 4.50. The highest BCUT2D eigenvalue weighted by atomic mass is 35.5. The molecule has 6 heteroatoms. The van der Waals surface area contributed by atoms with E-state index in [9.17, 15) is 0 Å². The summed E-state index contributed by atoms with van der Waals surface area (Å²) in [5, 5.41) is 4.42. The lowest BCUT2D eigenvalue weighted by molar-refractivity contribution is 0.202. The second-order valence-corrected chi connectivity index (χ2v) is 4.87. The summed E-state index contributed by atoms with van der Waals surface area (Å²) in [5.41, 5.74) is 1.09. The van der Waals surface area contributed by atoms with Crippen molar-refractivity contribution in [2.24, 2.45) is 0 Å². The van der Waals surface area contributed by atoms with Crippen LogP contribution in [0.5, 0.6) is 0 Å². The molecule has 2 aromatic heterocycles. The predicted molar refractivity (Wildman–Crippen MR) is 72.8 cm³/mol. The fraction of sp³-hybridized carbons (Fsp3) is 0.462. The largest absolute Gasteiger partial charge is 0.338 e. The summed E-state index contributed by atoms with van der Waals surface area (Å²) in [6, 6.07) is 3.81. The fourth-order valence-electron chi connectivity index (χ4n) is 1.69. The molecule has 1 unspecified atom stereocenters. The predicted octanol–water partition coefficient (Wildman–Crippen LogP) is 2.87. The molecule has 0 N–H and O–H groups in total. The van der Waals surface area contributed by atoms with Crippen LogP contribution in [0.2, 0.25) is 5.15 Å². The van der Waals surface area contributed by atoms with E-state index in [1.807, 2.05) is 27.0 Å². The van der Waals surface area contributed by atoms with E-state index in [0.29, 0.717) is 11.0 Å². The maximum absolute atomic E-state index is 5.77. The van der Waals surface area contributed by atoms with Crippen molar-refractivity contribution < 1.29 is 4.52 Å². The van der Waals surface area contributed by atoms with Crippen LogP contribution < -0.4 is 0 Å². The first-order chi connectivity index (χ1) is 9.10. The molecule has 0 saturated carbocycles. The molecule has 2 aromatic rings. The van der Waals surface area contributed by atoms with Crippen molar-refractivity contribution in [3.63, 3.8) is 0 Å². The van der Waals surface area contributed by atoms with Crippen LogP contribution in [-0.2, 0) is 13.0 Å². The molecule has 0 aliphatic heterocycles. The first-order valence-electron chi connectivity index (χ1n) is 6.23. The summed E-state index contributed by atoms with van der Waals surface area (Å²) in [4.78, 5) is 10.5. The monoisotopic (exact) mass is 280 g/mol. The molecule has 5 nitrogen and oxygen atoms in total. The lowest BCUT2D eigenvalue weighted by atomic mass is 10.2. The second kappa shape index (κ2) is 6.12. The molecule has 0 fully saturated rings. The van der Waals surface area contributed by atoms with E-state index in [1.165, 1.54) is 0 Å². The zero-order valence-electron chi connectivity index (χ0n) is 11.3. The number of aryl methyl sites for hydroxylation is 1. The van der Waals surface area contributed by atoms with Gasteiger partial charge in [0.1, 0.15) is 5.15 Å². The van der Waals surface area contributed by atoms with E-state index < -0.39 is 0 Å². The molecule has 0 radical (unpaired) electrons. The molecule has 0 bridgehead atoms. The van der Waals surface area contributed by atoms with Gasteiger partial charge in [-0.15, -0.1) is 0 Å². The van der Waals surface area contributed by atoms with E-state index in [1.54, 1.807) is 12.3 Å². The highest BCUT2D eigenvalue weighted by molar-refractivity contribution is 6.29. The number of hydrogen-bond donors (Lipinski definition) is 0. The summed E-state index contributed by atoms with van der Waals surface area (Å²) < 4.78 is 5.26. The molecule has 0 aliphatic rings. The molecule has 102 valence electrons. The van der Waals surface area contributed by atoms with Crippen LogP contribution in [0.3, 0.4) is 0 Å². The summed E-state index contributed by atoms with van der Waals surface area (Å²) >= 11 is 5.77. The average Bonchev–Trinajstić information content (AvgIpc) is 2.89. The highest BCUT2D eigenvalue weighted by Gasteiger charge is 2.18. The Hall–Kier alpha value is -1.46. The van der Waals surface area contributed by atoms with Crippen LogP contribution in [0.4, 0.5) is 0 Å². The lowest BCUT2D eigenvalue weighted by Crippen LogP contribution is -2.22. The molecule has 0 saturated heterocycles. The maximum atomic E-state index is 5.77. The standard InChI is InChI=1S/C13H17ClN4O/c1-4-12-16-13(19-17-12)9(2)18(3)8-10-5-6-11(14)15-7-10/h5-7,9H,4,8H2,1-3H3. The molecule has 0 aromatic carbocycles. The van der Waals surface area contributed by atoms with Gasteiger partial charge in [-0.25, -0.2) is 4.98 Å². The SMILES string of the molecule is CCc1noc(C(C)N(C)Cc2ccc(Cl)nc2)n1. The number of nitrogens with zero attached hydrogens (tertiary/aromatic N) is 4. The normalized spacial score (nSPS) is 12.9. The van der Waals surface area contributed by atoms with Crippen molar-refractivity contribution in [2.75, 3.05) is 7.05 Å². The van der Waals surface area contributed by atoms with Crippen molar-refractivity contribution >= 4 is 11.6 Å². The minimum absolute atomic E-state index is 0.0588. The Labute approximate surface area is 117 Å². The Morgan fingerprint density at radius 3 is 2.79 bits per heavy atom. The molecule has 0 aliphatic carbocycles. The smallest absolute Gasteiger partial charge is 0.243 e. The van der Waals surface area contributed by atoms with E-state index in [-0.39, 0.29) is 6.04 Å². The number of pyridine rings is 1. The quantitative estimate of drug-likeness (QED) is 0.788. The highest BCUT2D eigenvalue weighted by Crippen LogP contribution is 2.19. The van der Waals surface area contributed by atoms with Gasteiger partial charge >= 0.3 is 0 Å². The van der Waals surface area contributed by atoms with E-state index in [4.69, 9.17) is 16.1 Å². The Bertz CT molecular complexity index is 526. The fourth-order valence-corrected chi connectivity index (χ4v) is 1.81. The third kappa shape index (κ3) is 3.52. The van der Waals surface area contributed by atoms with Gasteiger partial charge in [-0.05, 0) is 25.6 Å². The topological polar surface area (TPSA) is 55.1 Å². The molecule has 19 heavy (non-hydrogen) atoms. The zero-order chi connectivity index (χ0) is 13.8. The van der Waals surface area contributed by atoms with Crippen LogP contribution in [0.15, 0.2) is 22.9 Å². The van der Waals surface area contributed by atoms with Gasteiger partial charge in [0.25, 0.3) is 0 Å². The molecular weight excluding hydrogens is 264 g/mol. The third-order valence-corrected chi connectivity index (χ3v) is 3.26. The summed E-state index contributed by atoms with van der Waals surface area (Å²) in [7, 11) is 2.01. The Balaban J connectivity index is 2.02. The first kappa shape index (κ1) is 14.0. The van der Waals surface area contributed by atoms with Crippen molar-refractivity contribution in [3.05, 3.63) is 40.8 Å². The van der Waals surface area contributed by atoms with Crippen LogP contribution in [0.1, 0.15) is 37.2 Å². The summed E-state index contributed by atoms with van der Waals surface area (Å²) in [6.07, 6.45) is 2.55. The zero-order valence-corrected chi connectivity index (χ0v) is 12.1. The van der Waals surface area contributed by atoms with Crippen LogP contribution >= 0.6 is 11.6 Å². The van der Waals surface area contributed by atoms with Gasteiger partial charge in [0.05, 0.1) is 6.04 Å². The third-order valence-electron chi connectivity index (χ3n) is 3.04. The molecule has 2 heterocycles. The lowest BCUT2D eigenvalue weighted by Gasteiger charge is -2.21. The summed E-state index contributed by atoms with van der Waals surface area (Å²) in [5.74, 6) is 1.38. The minimum Gasteiger partial charge on any atom is -0.338 e. The van der Waals surface area contributed by atoms with Gasteiger partial charge in [0.15, 0.2) is 5.82 Å².